The lowest BCUT2D eigenvalue weighted by Gasteiger charge is -2.16. The SMILES string of the molecule is N#Cc1ccc(-c2cccc(-c3ccccc3-c3nc(-c4ccccc4)nc(-c4ccc5c(c4)-c4cccc6cccc-5c46)n3)c2)c(-c2cccc(-c3cccc4c3ccc3ccccc34)c2)c1. The van der Waals surface area contributed by atoms with Gasteiger partial charge in [0.1, 0.15) is 0 Å². The largest absolute Gasteiger partial charge is 0.208 e. The molecule has 4 heteroatoms. The molecule has 68 heavy (non-hydrogen) atoms. The van der Waals surface area contributed by atoms with Crippen LogP contribution >= 0.6 is 0 Å². The summed E-state index contributed by atoms with van der Waals surface area (Å²) in [5.74, 6) is 1.82. The van der Waals surface area contributed by atoms with Gasteiger partial charge in [-0.1, -0.05) is 200 Å². The van der Waals surface area contributed by atoms with E-state index in [0.29, 0.717) is 23.0 Å². The number of hydrogen-bond donors (Lipinski definition) is 0. The van der Waals surface area contributed by atoms with E-state index in [9.17, 15) is 5.26 Å². The summed E-state index contributed by atoms with van der Waals surface area (Å²) >= 11 is 0. The third-order valence-corrected chi connectivity index (χ3v) is 13.5. The normalized spacial score (nSPS) is 11.5. The van der Waals surface area contributed by atoms with Crippen LogP contribution in [0.4, 0.5) is 0 Å². The molecule has 11 aromatic carbocycles. The molecule has 0 atom stereocenters. The zero-order valence-electron chi connectivity index (χ0n) is 36.7. The molecule has 0 bridgehead atoms. The molecule has 1 heterocycles. The molecular formula is C64H38N4. The van der Waals surface area contributed by atoms with Crippen molar-refractivity contribution in [3.05, 3.63) is 236 Å². The average molecular weight is 863 g/mol. The summed E-state index contributed by atoms with van der Waals surface area (Å²) in [7, 11) is 0. The first-order valence-corrected chi connectivity index (χ1v) is 22.9. The van der Waals surface area contributed by atoms with Crippen molar-refractivity contribution < 1.29 is 0 Å². The zero-order valence-corrected chi connectivity index (χ0v) is 36.7. The van der Waals surface area contributed by atoms with Gasteiger partial charge < -0.3 is 0 Å². The Labute approximate surface area is 393 Å². The fraction of sp³-hybridized carbons (Fsp3) is 0. The van der Waals surface area contributed by atoms with Crippen molar-refractivity contribution in [2.75, 3.05) is 0 Å². The molecule has 0 amide bonds. The monoisotopic (exact) mass is 862 g/mol. The van der Waals surface area contributed by atoms with Gasteiger partial charge in [0.15, 0.2) is 17.5 Å². The Bertz CT molecular complexity index is 4050. The summed E-state index contributed by atoms with van der Waals surface area (Å²) in [6, 6.07) is 83.5. The molecule has 0 saturated heterocycles. The highest BCUT2D eigenvalue weighted by Gasteiger charge is 2.23. The van der Waals surface area contributed by atoms with Crippen LogP contribution in [-0.4, -0.2) is 15.0 Å². The van der Waals surface area contributed by atoms with Crippen LogP contribution in [0.5, 0.6) is 0 Å². The second-order valence-electron chi connectivity index (χ2n) is 17.4. The van der Waals surface area contributed by atoms with Crippen LogP contribution < -0.4 is 0 Å². The quantitative estimate of drug-likeness (QED) is 0.150. The summed E-state index contributed by atoms with van der Waals surface area (Å²) in [6.07, 6.45) is 0. The summed E-state index contributed by atoms with van der Waals surface area (Å²) < 4.78 is 0. The highest BCUT2D eigenvalue weighted by atomic mass is 15.0. The van der Waals surface area contributed by atoms with Crippen molar-refractivity contribution in [1.82, 2.24) is 15.0 Å². The second kappa shape index (κ2) is 16.0. The van der Waals surface area contributed by atoms with Gasteiger partial charge in [-0.15, -0.1) is 0 Å². The van der Waals surface area contributed by atoms with Crippen LogP contribution in [0.25, 0.3) is 133 Å². The number of nitrogens with zero attached hydrogens (tertiary/aromatic N) is 4. The Morgan fingerprint density at radius 3 is 1.57 bits per heavy atom. The lowest BCUT2D eigenvalue weighted by Crippen LogP contribution is -2.01. The van der Waals surface area contributed by atoms with E-state index < -0.39 is 0 Å². The van der Waals surface area contributed by atoms with E-state index in [0.717, 1.165) is 55.6 Å². The molecule has 0 saturated carbocycles. The van der Waals surface area contributed by atoms with Gasteiger partial charge in [0.05, 0.1) is 11.6 Å². The highest BCUT2D eigenvalue weighted by Crippen LogP contribution is 2.48. The van der Waals surface area contributed by atoms with E-state index in [1.54, 1.807) is 0 Å². The minimum Gasteiger partial charge on any atom is -0.208 e. The fourth-order valence-electron chi connectivity index (χ4n) is 10.3. The van der Waals surface area contributed by atoms with Crippen molar-refractivity contribution in [3.8, 4) is 107 Å². The van der Waals surface area contributed by atoms with Crippen LogP contribution in [-0.2, 0) is 0 Å². The van der Waals surface area contributed by atoms with Crippen LogP contribution in [0.2, 0.25) is 0 Å². The molecule has 0 fully saturated rings. The summed E-state index contributed by atoms with van der Waals surface area (Å²) in [4.78, 5) is 15.6. The van der Waals surface area contributed by atoms with Crippen LogP contribution in [0.1, 0.15) is 5.56 Å². The van der Waals surface area contributed by atoms with Crippen molar-refractivity contribution in [2.45, 2.75) is 0 Å². The number of aromatic nitrogens is 3. The van der Waals surface area contributed by atoms with Gasteiger partial charge >= 0.3 is 0 Å². The number of rotatable bonds is 7. The Morgan fingerprint density at radius 2 is 0.794 bits per heavy atom. The Balaban J connectivity index is 0.916. The maximum Gasteiger partial charge on any atom is 0.164 e. The maximum atomic E-state index is 10.2. The van der Waals surface area contributed by atoms with E-state index in [2.05, 4.69) is 188 Å². The fourth-order valence-corrected chi connectivity index (χ4v) is 10.3. The number of benzene rings is 11. The average Bonchev–Trinajstić information content (AvgIpc) is 3.74. The van der Waals surface area contributed by atoms with E-state index in [4.69, 9.17) is 15.0 Å². The molecule has 4 nitrogen and oxygen atoms in total. The smallest absolute Gasteiger partial charge is 0.164 e. The molecule has 0 spiro atoms. The van der Waals surface area contributed by atoms with E-state index in [1.807, 2.05) is 48.5 Å². The first-order valence-electron chi connectivity index (χ1n) is 22.9. The summed E-state index contributed by atoms with van der Waals surface area (Å²) in [6.45, 7) is 0. The van der Waals surface area contributed by atoms with E-state index in [1.165, 1.54) is 60.1 Å². The Hall–Kier alpha value is -9.30. The third kappa shape index (κ3) is 6.56. The van der Waals surface area contributed by atoms with Gasteiger partial charge in [0, 0.05) is 16.7 Å². The van der Waals surface area contributed by atoms with Gasteiger partial charge in [-0.25, -0.2) is 15.0 Å². The molecule has 1 aliphatic carbocycles. The Kier molecular flexibility index (Phi) is 9.20. The van der Waals surface area contributed by atoms with E-state index >= 15 is 0 Å². The zero-order chi connectivity index (χ0) is 45.1. The van der Waals surface area contributed by atoms with Crippen molar-refractivity contribution in [2.24, 2.45) is 0 Å². The van der Waals surface area contributed by atoms with Crippen molar-refractivity contribution in [3.63, 3.8) is 0 Å². The molecule has 1 aromatic heterocycles. The van der Waals surface area contributed by atoms with Crippen LogP contribution in [0, 0.1) is 11.3 Å². The van der Waals surface area contributed by atoms with Crippen LogP contribution in [0.3, 0.4) is 0 Å². The molecule has 0 radical (unpaired) electrons. The molecule has 0 aliphatic heterocycles. The predicted octanol–water partition coefficient (Wildman–Crippen LogP) is 16.5. The minimum absolute atomic E-state index is 0.595. The molecule has 1 aliphatic rings. The first kappa shape index (κ1) is 39.1. The van der Waals surface area contributed by atoms with Gasteiger partial charge in [-0.05, 0) is 129 Å². The van der Waals surface area contributed by atoms with Crippen molar-refractivity contribution in [1.29, 1.82) is 5.26 Å². The minimum atomic E-state index is 0.595. The molecular weight excluding hydrogens is 825 g/mol. The molecule has 314 valence electrons. The maximum absolute atomic E-state index is 10.2. The summed E-state index contributed by atoms with van der Waals surface area (Å²) in [5.41, 5.74) is 16.7. The van der Waals surface area contributed by atoms with E-state index in [-0.39, 0.29) is 0 Å². The predicted molar refractivity (Wildman–Crippen MR) is 280 cm³/mol. The van der Waals surface area contributed by atoms with Gasteiger partial charge in [-0.3, -0.25) is 0 Å². The number of hydrogen-bond acceptors (Lipinski definition) is 4. The standard InChI is InChI=1S/C64H38N4/c65-39-40-29-32-52(59(35-40)47-21-9-18-44(37-47)50-25-12-26-53-49-22-5-4-13-41(49)30-33-54(50)53)46-20-8-19-45(36-46)51-23-6-7-24-58(51)64-67-62(43-14-2-1-3-15-43)66-63(68-64)48-31-34-55-56-27-10-16-42-17-11-28-57(61(42)56)60(55)38-48/h1-38H. The topological polar surface area (TPSA) is 62.5 Å². The molecule has 0 N–H and O–H groups in total. The molecule has 0 unspecified atom stereocenters. The van der Waals surface area contributed by atoms with Gasteiger partial charge in [-0.2, -0.15) is 5.26 Å². The van der Waals surface area contributed by atoms with Gasteiger partial charge in [0.2, 0.25) is 0 Å². The third-order valence-electron chi connectivity index (χ3n) is 13.5. The molecule has 13 rings (SSSR count). The second-order valence-corrected chi connectivity index (χ2v) is 17.4. The highest BCUT2D eigenvalue weighted by molar-refractivity contribution is 6.16. The first-order chi connectivity index (χ1) is 33.6. The lowest BCUT2D eigenvalue weighted by molar-refractivity contribution is 1.07. The number of fused-ring (bicyclic) bond motifs is 6. The molecule has 12 aromatic rings. The Morgan fingerprint density at radius 1 is 0.265 bits per heavy atom. The number of nitriles is 1. The lowest BCUT2D eigenvalue weighted by atomic mass is 9.89. The van der Waals surface area contributed by atoms with Crippen LogP contribution in [0.15, 0.2) is 231 Å². The van der Waals surface area contributed by atoms with Gasteiger partial charge in [0.25, 0.3) is 0 Å². The summed E-state index contributed by atoms with van der Waals surface area (Å²) in [5, 5.41) is 17.6. The van der Waals surface area contributed by atoms with Crippen molar-refractivity contribution >= 4 is 32.3 Å².